The van der Waals surface area contributed by atoms with Crippen LogP contribution >= 0.6 is 27.5 Å². The summed E-state index contributed by atoms with van der Waals surface area (Å²) in [6.45, 7) is 0. The molecule has 0 fully saturated rings. The number of benzene rings is 1. The van der Waals surface area contributed by atoms with Crippen LogP contribution in [0, 0.1) is 0 Å². The first-order chi connectivity index (χ1) is 8.06. The zero-order valence-corrected chi connectivity index (χ0v) is 11.5. The van der Waals surface area contributed by atoms with E-state index in [9.17, 15) is 5.11 Å². The SMILES string of the molecule is Cn1cc(CC(O)c2cc(Cl)ccc2Br)nn1. The van der Waals surface area contributed by atoms with Gasteiger partial charge in [0.15, 0.2) is 0 Å². The Labute approximate surface area is 112 Å². The molecule has 0 aliphatic carbocycles. The van der Waals surface area contributed by atoms with Crippen molar-refractivity contribution in [2.75, 3.05) is 0 Å². The van der Waals surface area contributed by atoms with Crippen molar-refractivity contribution in [3.05, 3.63) is 45.1 Å². The highest BCUT2D eigenvalue weighted by atomic mass is 79.9. The predicted octanol–water partition coefficient (Wildman–Crippen LogP) is 2.51. The van der Waals surface area contributed by atoms with E-state index in [4.69, 9.17) is 11.6 Å². The van der Waals surface area contributed by atoms with Gasteiger partial charge < -0.3 is 5.11 Å². The molecule has 1 atom stereocenters. The lowest BCUT2D eigenvalue weighted by Crippen LogP contribution is -2.03. The minimum absolute atomic E-state index is 0.410. The van der Waals surface area contributed by atoms with Gasteiger partial charge in [-0.2, -0.15) is 0 Å². The largest absolute Gasteiger partial charge is 0.388 e. The maximum Gasteiger partial charge on any atom is 0.0858 e. The van der Waals surface area contributed by atoms with Crippen molar-refractivity contribution in [3.8, 4) is 0 Å². The lowest BCUT2D eigenvalue weighted by atomic mass is 10.1. The number of aliphatic hydroxyl groups excluding tert-OH is 1. The Balaban J connectivity index is 2.19. The number of hydrogen-bond donors (Lipinski definition) is 1. The van der Waals surface area contributed by atoms with Crippen molar-refractivity contribution in [1.82, 2.24) is 15.0 Å². The molecule has 0 saturated carbocycles. The third-order valence-electron chi connectivity index (χ3n) is 2.37. The van der Waals surface area contributed by atoms with Crippen molar-refractivity contribution in [2.24, 2.45) is 7.05 Å². The van der Waals surface area contributed by atoms with Gasteiger partial charge >= 0.3 is 0 Å². The molecule has 1 aromatic carbocycles. The summed E-state index contributed by atoms with van der Waals surface area (Å²) in [5.41, 5.74) is 1.50. The molecule has 0 spiro atoms. The molecule has 0 aliphatic heterocycles. The van der Waals surface area contributed by atoms with E-state index in [0.29, 0.717) is 11.4 Å². The van der Waals surface area contributed by atoms with E-state index >= 15 is 0 Å². The smallest absolute Gasteiger partial charge is 0.0858 e. The molecule has 2 rings (SSSR count). The van der Waals surface area contributed by atoms with E-state index in [1.165, 1.54) is 0 Å². The summed E-state index contributed by atoms with van der Waals surface area (Å²) < 4.78 is 2.44. The molecule has 17 heavy (non-hydrogen) atoms. The number of aromatic nitrogens is 3. The molecule has 6 heteroatoms. The van der Waals surface area contributed by atoms with Crippen LogP contribution in [0.5, 0.6) is 0 Å². The third kappa shape index (κ3) is 3.06. The van der Waals surface area contributed by atoms with E-state index in [1.807, 2.05) is 6.07 Å². The molecule has 0 bridgehead atoms. The molecule has 1 aromatic heterocycles. The zero-order chi connectivity index (χ0) is 12.4. The molecule has 1 N–H and O–H groups in total. The van der Waals surface area contributed by atoms with Crippen LogP contribution in [0.3, 0.4) is 0 Å². The van der Waals surface area contributed by atoms with Crippen LogP contribution in [0.25, 0.3) is 0 Å². The Morgan fingerprint density at radius 1 is 1.53 bits per heavy atom. The molecule has 4 nitrogen and oxygen atoms in total. The van der Waals surface area contributed by atoms with Crippen molar-refractivity contribution < 1.29 is 5.11 Å². The van der Waals surface area contributed by atoms with Gasteiger partial charge in [0.1, 0.15) is 0 Å². The molecular weight excluding hydrogens is 305 g/mol. The van der Waals surface area contributed by atoms with Gasteiger partial charge in [-0.15, -0.1) is 5.10 Å². The van der Waals surface area contributed by atoms with Gasteiger partial charge in [0.2, 0.25) is 0 Å². The maximum atomic E-state index is 10.1. The van der Waals surface area contributed by atoms with Gasteiger partial charge in [0.25, 0.3) is 0 Å². The van der Waals surface area contributed by atoms with Gasteiger partial charge in [-0.05, 0) is 23.8 Å². The summed E-state index contributed by atoms with van der Waals surface area (Å²) >= 11 is 9.29. The second kappa shape index (κ2) is 5.16. The zero-order valence-electron chi connectivity index (χ0n) is 9.14. The standard InChI is InChI=1S/C11H11BrClN3O/c1-16-6-8(14-15-16)5-11(17)9-4-7(13)2-3-10(9)12/h2-4,6,11,17H,5H2,1H3. The normalized spacial score (nSPS) is 12.7. The summed E-state index contributed by atoms with van der Waals surface area (Å²) in [5, 5.41) is 18.5. The monoisotopic (exact) mass is 315 g/mol. The maximum absolute atomic E-state index is 10.1. The highest BCUT2D eigenvalue weighted by Gasteiger charge is 2.14. The van der Waals surface area contributed by atoms with Crippen LogP contribution in [0.15, 0.2) is 28.9 Å². The number of hydrogen-bond acceptors (Lipinski definition) is 3. The number of halogens is 2. The van der Waals surface area contributed by atoms with Crippen LogP contribution in [-0.4, -0.2) is 20.1 Å². The van der Waals surface area contributed by atoms with Gasteiger partial charge in [0, 0.05) is 29.2 Å². The highest BCUT2D eigenvalue weighted by molar-refractivity contribution is 9.10. The highest BCUT2D eigenvalue weighted by Crippen LogP contribution is 2.28. The molecule has 0 radical (unpaired) electrons. The predicted molar refractivity (Wildman–Crippen MR) is 68.8 cm³/mol. The van der Waals surface area contributed by atoms with Crippen LogP contribution in [-0.2, 0) is 13.5 Å². The van der Waals surface area contributed by atoms with Gasteiger partial charge in [-0.3, -0.25) is 4.68 Å². The molecule has 1 heterocycles. The molecule has 0 saturated heterocycles. The average Bonchev–Trinajstić information content (AvgIpc) is 2.67. The van der Waals surface area contributed by atoms with Crippen molar-refractivity contribution >= 4 is 27.5 Å². The Kier molecular flexibility index (Phi) is 3.81. The molecule has 0 amide bonds. The summed E-state index contributed by atoms with van der Waals surface area (Å²) in [6.07, 6.45) is 1.54. The van der Waals surface area contributed by atoms with Crippen molar-refractivity contribution in [3.63, 3.8) is 0 Å². The summed E-state index contributed by atoms with van der Waals surface area (Å²) in [7, 11) is 1.79. The second-order valence-corrected chi connectivity index (χ2v) is 5.06. The fraction of sp³-hybridized carbons (Fsp3) is 0.273. The topological polar surface area (TPSA) is 50.9 Å². The van der Waals surface area contributed by atoms with Crippen LogP contribution in [0.1, 0.15) is 17.4 Å². The van der Waals surface area contributed by atoms with Crippen LogP contribution < -0.4 is 0 Å². The molecule has 1 unspecified atom stereocenters. The Morgan fingerprint density at radius 3 is 2.94 bits per heavy atom. The summed E-state index contributed by atoms with van der Waals surface area (Å²) in [4.78, 5) is 0. The number of nitrogens with zero attached hydrogens (tertiary/aromatic N) is 3. The molecule has 2 aromatic rings. The van der Waals surface area contributed by atoms with Crippen LogP contribution in [0.4, 0.5) is 0 Å². The first kappa shape index (κ1) is 12.5. The summed E-state index contributed by atoms with van der Waals surface area (Å²) in [6, 6.07) is 5.33. The van der Waals surface area contributed by atoms with E-state index < -0.39 is 6.10 Å². The van der Waals surface area contributed by atoms with E-state index in [-0.39, 0.29) is 0 Å². The van der Waals surface area contributed by atoms with Crippen molar-refractivity contribution in [1.29, 1.82) is 0 Å². The minimum atomic E-state index is -0.653. The Morgan fingerprint density at radius 2 is 2.29 bits per heavy atom. The number of aliphatic hydroxyl groups is 1. The molecular formula is C11H11BrClN3O. The Hall–Kier alpha value is -0.910. The van der Waals surface area contributed by atoms with Gasteiger partial charge in [0.05, 0.1) is 11.8 Å². The quantitative estimate of drug-likeness (QED) is 0.946. The first-order valence-electron chi connectivity index (χ1n) is 5.04. The average molecular weight is 317 g/mol. The summed E-state index contributed by atoms with van der Waals surface area (Å²) in [5.74, 6) is 0. The van der Waals surface area contributed by atoms with E-state index in [2.05, 4.69) is 26.2 Å². The lowest BCUT2D eigenvalue weighted by molar-refractivity contribution is 0.176. The van der Waals surface area contributed by atoms with Gasteiger partial charge in [-0.1, -0.05) is 32.7 Å². The molecule has 90 valence electrons. The fourth-order valence-electron chi connectivity index (χ4n) is 1.57. The van der Waals surface area contributed by atoms with E-state index in [0.717, 1.165) is 15.7 Å². The lowest BCUT2D eigenvalue weighted by Gasteiger charge is -2.11. The second-order valence-electron chi connectivity index (χ2n) is 3.77. The van der Waals surface area contributed by atoms with Crippen LogP contribution in [0.2, 0.25) is 5.02 Å². The third-order valence-corrected chi connectivity index (χ3v) is 3.33. The number of aryl methyl sites for hydroxylation is 1. The Bertz CT molecular complexity index is 529. The fourth-order valence-corrected chi connectivity index (χ4v) is 2.26. The van der Waals surface area contributed by atoms with E-state index in [1.54, 1.807) is 30.1 Å². The molecule has 0 aliphatic rings. The first-order valence-corrected chi connectivity index (χ1v) is 6.21. The van der Waals surface area contributed by atoms with Gasteiger partial charge in [-0.25, -0.2) is 0 Å². The number of rotatable bonds is 3. The minimum Gasteiger partial charge on any atom is -0.388 e. The van der Waals surface area contributed by atoms with Crippen molar-refractivity contribution in [2.45, 2.75) is 12.5 Å².